The lowest BCUT2D eigenvalue weighted by Crippen LogP contribution is -2.06. The molecule has 0 heterocycles. The Morgan fingerprint density at radius 3 is 2.43 bits per heavy atom. The number of ether oxygens (including phenoxy) is 1. The van der Waals surface area contributed by atoms with Gasteiger partial charge in [-0.3, -0.25) is 0 Å². The second-order valence-corrected chi connectivity index (χ2v) is 5.16. The molecule has 0 aliphatic heterocycles. The zero-order valence-electron chi connectivity index (χ0n) is 10.3. The summed E-state index contributed by atoms with van der Waals surface area (Å²) in [4.78, 5) is 0. The van der Waals surface area contributed by atoms with E-state index < -0.39 is 24.0 Å². The minimum absolute atomic E-state index is 0.00856. The molecule has 0 fully saturated rings. The SMILES string of the molecule is Nc1cc(F)c(OC(F)F)cc1Nc1ccc(F)cc1I. The van der Waals surface area contributed by atoms with E-state index >= 15 is 0 Å². The summed E-state index contributed by atoms with van der Waals surface area (Å²) >= 11 is 1.89. The van der Waals surface area contributed by atoms with Gasteiger partial charge in [0.05, 0.1) is 17.1 Å². The Bertz CT molecular complexity index is 667. The fourth-order valence-electron chi connectivity index (χ4n) is 1.60. The lowest BCUT2D eigenvalue weighted by molar-refractivity contribution is -0.0521. The molecule has 0 aromatic heterocycles. The van der Waals surface area contributed by atoms with Crippen molar-refractivity contribution in [3.63, 3.8) is 0 Å². The molecule has 112 valence electrons. The van der Waals surface area contributed by atoms with Crippen molar-refractivity contribution in [1.29, 1.82) is 0 Å². The number of halogens is 5. The zero-order valence-corrected chi connectivity index (χ0v) is 12.5. The van der Waals surface area contributed by atoms with Crippen molar-refractivity contribution >= 4 is 39.7 Å². The number of hydrogen-bond donors (Lipinski definition) is 2. The van der Waals surface area contributed by atoms with E-state index in [1.54, 1.807) is 0 Å². The van der Waals surface area contributed by atoms with Gasteiger partial charge in [0.2, 0.25) is 0 Å². The van der Waals surface area contributed by atoms with Crippen LogP contribution in [0, 0.1) is 15.2 Å². The highest BCUT2D eigenvalue weighted by molar-refractivity contribution is 14.1. The fraction of sp³-hybridized carbons (Fsp3) is 0.0769. The first kappa shape index (κ1) is 15.7. The maximum atomic E-state index is 13.4. The number of benzene rings is 2. The van der Waals surface area contributed by atoms with Gasteiger partial charge in [0.1, 0.15) is 5.82 Å². The topological polar surface area (TPSA) is 47.3 Å². The molecule has 2 aromatic rings. The number of nitrogen functional groups attached to an aromatic ring is 1. The molecule has 3 N–H and O–H groups in total. The van der Waals surface area contributed by atoms with Crippen molar-refractivity contribution < 1.29 is 22.3 Å². The Hall–Kier alpha value is -1.71. The Labute approximate surface area is 131 Å². The van der Waals surface area contributed by atoms with E-state index in [0.29, 0.717) is 9.26 Å². The Kier molecular flexibility index (Phi) is 4.76. The number of alkyl halides is 2. The van der Waals surface area contributed by atoms with Crippen molar-refractivity contribution in [2.45, 2.75) is 6.61 Å². The van der Waals surface area contributed by atoms with Gasteiger partial charge in [0.25, 0.3) is 0 Å². The van der Waals surface area contributed by atoms with Crippen LogP contribution >= 0.6 is 22.6 Å². The first-order valence-electron chi connectivity index (χ1n) is 5.62. The number of nitrogens with two attached hydrogens (primary N) is 1. The van der Waals surface area contributed by atoms with Crippen LogP contribution in [-0.4, -0.2) is 6.61 Å². The summed E-state index contributed by atoms with van der Waals surface area (Å²) in [6.07, 6.45) is 0. The highest BCUT2D eigenvalue weighted by Crippen LogP contribution is 2.32. The first-order chi connectivity index (χ1) is 9.86. The van der Waals surface area contributed by atoms with Crippen LogP contribution in [0.25, 0.3) is 0 Å². The second-order valence-electron chi connectivity index (χ2n) is 4.00. The normalized spacial score (nSPS) is 10.8. The van der Waals surface area contributed by atoms with Crippen LogP contribution in [0.3, 0.4) is 0 Å². The smallest absolute Gasteiger partial charge is 0.387 e. The van der Waals surface area contributed by atoms with Crippen LogP contribution in [0.1, 0.15) is 0 Å². The molecule has 3 nitrogen and oxygen atoms in total. The Morgan fingerprint density at radius 2 is 1.81 bits per heavy atom. The third-order valence-electron chi connectivity index (χ3n) is 2.52. The molecule has 0 aliphatic carbocycles. The summed E-state index contributed by atoms with van der Waals surface area (Å²) in [7, 11) is 0. The van der Waals surface area contributed by atoms with Crippen LogP contribution in [0.5, 0.6) is 5.75 Å². The molecule has 0 radical (unpaired) electrons. The van der Waals surface area contributed by atoms with E-state index in [0.717, 1.165) is 12.1 Å². The molecule has 2 aromatic carbocycles. The van der Waals surface area contributed by atoms with E-state index in [1.807, 2.05) is 22.6 Å². The van der Waals surface area contributed by atoms with E-state index in [2.05, 4.69) is 10.1 Å². The number of nitrogens with one attached hydrogen (secondary N) is 1. The molecule has 0 aliphatic rings. The molecular formula is C13H9F4IN2O. The molecule has 0 spiro atoms. The molecule has 0 saturated heterocycles. The average Bonchev–Trinajstić information content (AvgIpc) is 2.37. The number of hydrogen-bond acceptors (Lipinski definition) is 3. The van der Waals surface area contributed by atoms with Gasteiger partial charge in [-0.1, -0.05) is 0 Å². The molecule has 0 bridgehead atoms. The maximum Gasteiger partial charge on any atom is 0.387 e. The standard InChI is InChI=1S/C13H9F4IN2O/c14-6-1-2-10(8(18)3-6)20-11-5-12(21-13(16)17)7(15)4-9(11)19/h1-5,13,20H,19H2. The average molecular weight is 412 g/mol. The largest absolute Gasteiger partial charge is 0.432 e. The minimum Gasteiger partial charge on any atom is -0.432 e. The van der Waals surface area contributed by atoms with Gasteiger partial charge >= 0.3 is 6.61 Å². The molecule has 0 unspecified atom stereocenters. The van der Waals surface area contributed by atoms with Gasteiger partial charge in [-0.15, -0.1) is 0 Å². The lowest BCUT2D eigenvalue weighted by atomic mass is 10.2. The predicted octanol–water partition coefficient (Wildman–Crippen LogP) is 4.50. The van der Waals surface area contributed by atoms with Crippen LogP contribution in [0.2, 0.25) is 0 Å². The summed E-state index contributed by atoms with van der Waals surface area (Å²) in [5, 5.41) is 2.82. The van der Waals surface area contributed by atoms with Crippen molar-refractivity contribution in [2.24, 2.45) is 0 Å². The molecule has 8 heteroatoms. The number of rotatable bonds is 4. The highest BCUT2D eigenvalue weighted by Gasteiger charge is 2.14. The monoisotopic (exact) mass is 412 g/mol. The van der Waals surface area contributed by atoms with E-state index in [4.69, 9.17) is 5.73 Å². The van der Waals surface area contributed by atoms with Gasteiger partial charge < -0.3 is 15.8 Å². The van der Waals surface area contributed by atoms with E-state index in [-0.39, 0.29) is 11.4 Å². The van der Waals surface area contributed by atoms with Crippen molar-refractivity contribution in [1.82, 2.24) is 0 Å². The molecular weight excluding hydrogens is 403 g/mol. The van der Waals surface area contributed by atoms with Gasteiger partial charge in [-0.25, -0.2) is 8.78 Å². The van der Waals surface area contributed by atoms with Gasteiger partial charge in [0, 0.05) is 15.7 Å². The van der Waals surface area contributed by atoms with Crippen LogP contribution in [-0.2, 0) is 0 Å². The first-order valence-corrected chi connectivity index (χ1v) is 6.70. The van der Waals surface area contributed by atoms with Gasteiger partial charge in [0.15, 0.2) is 11.6 Å². The van der Waals surface area contributed by atoms with Crippen molar-refractivity contribution in [3.05, 3.63) is 45.5 Å². The predicted molar refractivity (Wildman–Crippen MR) is 79.8 cm³/mol. The quantitative estimate of drug-likeness (QED) is 0.442. The van der Waals surface area contributed by atoms with Gasteiger partial charge in [-0.2, -0.15) is 8.78 Å². The summed E-state index contributed by atoms with van der Waals surface area (Å²) in [5.74, 6) is -2.04. The van der Waals surface area contributed by atoms with Crippen molar-refractivity contribution in [3.8, 4) is 5.75 Å². The van der Waals surface area contributed by atoms with Crippen molar-refractivity contribution in [2.75, 3.05) is 11.1 Å². The molecule has 0 atom stereocenters. The summed E-state index contributed by atoms with van der Waals surface area (Å²) < 4.78 is 55.4. The molecule has 0 amide bonds. The third-order valence-corrected chi connectivity index (χ3v) is 3.41. The van der Waals surface area contributed by atoms with Crippen LogP contribution < -0.4 is 15.8 Å². The van der Waals surface area contributed by atoms with E-state index in [1.165, 1.54) is 18.2 Å². The lowest BCUT2D eigenvalue weighted by Gasteiger charge is -2.14. The van der Waals surface area contributed by atoms with Crippen LogP contribution in [0.4, 0.5) is 34.6 Å². The molecule has 2 rings (SSSR count). The zero-order chi connectivity index (χ0) is 15.6. The summed E-state index contributed by atoms with van der Waals surface area (Å²) in [5.41, 5.74) is 6.31. The van der Waals surface area contributed by atoms with Crippen LogP contribution in [0.15, 0.2) is 30.3 Å². The molecule has 21 heavy (non-hydrogen) atoms. The molecule has 0 saturated carbocycles. The summed E-state index contributed by atoms with van der Waals surface area (Å²) in [6.45, 7) is -3.15. The minimum atomic E-state index is -3.15. The van der Waals surface area contributed by atoms with Gasteiger partial charge in [-0.05, 0) is 40.8 Å². The Morgan fingerprint density at radius 1 is 1.10 bits per heavy atom. The highest BCUT2D eigenvalue weighted by atomic mass is 127. The Balaban J connectivity index is 2.34. The summed E-state index contributed by atoms with van der Waals surface area (Å²) in [6, 6.07) is 5.85. The third kappa shape index (κ3) is 3.90. The van der Waals surface area contributed by atoms with E-state index in [9.17, 15) is 17.6 Å². The maximum absolute atomic E-state index is 13.4. The second kappa shape index (κ2) is 6.37. The number of anilines is 3. The fourth-order valence-corrected chi connectivity index (χ4v) is 2.21.